The van der Waals surface area contributed by atoms with Crippen molar-refractivity contribution in [1.82, 2.24) is 10.3 Å². The molecular weight excluding hydrogens is 533 g/mol. The van der Waals surface area contributed by atoms with Gasteiger partial charge in [-0.1, -0.05) is 30.7 Å². The van der Waals surface area contributed by atoms with Crippen molar-refractivity contribution < 1.29 is 27.5 Å². The minimum absolute atomic E-state index is 0.144. The zero-order chi connectivity index (χ0) is 29.1. The number of carbonyl (C=O) groups is 2. The number of ether oxygens (including phenoxy) is 1. The first-order valence-electron chi connectivity index (χ1n) is 12.9. The van der Waals surface area contributed by atoms with Crippen LogP contribution in [0.3, 0.4) is 0 Å². The molecule has 1 aliphatic heterocycles. The van der Waals surface area contributed by atoms with E-state index in [0.717, 1.165) is 18.9 Å². The van der Waals surface area contributed by atoms with Crippen LogP contribution in [0.15, 0.2) is 30.3 Å². The number of hydrogen-bond acceptors (Lipinski definition) is 5. The summed E-state index contributed by atoms with van der Waals surface area (Å²) in [6.07, 6.45) is -3.50. The summed E-state index contributed by atoms with van der Waals surface area (Å²) in [5.41, 5.74) is -0.0252. The molecule has 1 atom stereocenters. The molecule has 39 heavy (non-hydrogen) atoms. The molecule has 3 rings (SSSR count). The smallest absolute Gasteiger partial charge is 0.433 e. The Morgan fingerprint density at radius 3 is 2.38 bits per heavy atom. The topological polar surface area (TPSA) is 74.8 Å². The van der Waals surface area contributed by atoms with Crippen LogP contribution in [0.2, 0.25) is 5.02 Å². The molecule has 7 nitrogen and oxygen atoms in total. The Morgan fingerprint density at radius 2 is 1.82 bits per heavy atom. The minimum Gasteiger partial charge on any atom is -0.444 e. The van der Waals surface area contributed by atoms with Gasteiger partial charge in [-0.3, -0.25) is 4.79 Å². The van der Waals surface area contributed by atoms with Gasteiger partial charge >= 0.3 is 12.3 Å². The molecule has 2 heterocycles. The molecule has 0 spiro atoms. The van der Waals surface area contributed by atoms with Crippen LogP contribution in [-0.2, 0) is 22.3 Å². The van der Waals surface area contributed by atoms with Gasteiger partial charge in [-0.05, 0) is 75.8 Å². The molecule has 1 aromatic heterocycles. The Bertz CT molecular complexity index is 1190. The first-order chi connectivity index (χ1) is 18.1. The normalized spacial score (nSPS) is 15.6. The molecule has 1 unspecified atom stereocenters. The molecule has 0 saturated carbocycles. The van der Waals surface area contributed by atoms with Crippen molar-refractivity contribution >= 4 is 35.1 Å². The third kappa shape index (κ3) is 8.00. The summed E-state index contributed by atoms with van der Waals surface area (Å²) in [5, 5.41) is 3.02. The SMILES string of the molecule is CC1CCN(c2nc(C(F)(F)F)ccc2N(C)C(=O)C(C)c2ccc(CNC(=O)OC(C)(C)C)c(Cl)c2)CC1. The van der Waals surface area contributed by atoms with Crippen molar-refractivity contribution in [3.8, 4) is 0 Å². The average Bonchev–Trinajstić information content (AvgIpc) is 2.85. The van der Waals surface area contributed by atoms with Crippen molar-refractivity contribution in [2.24, 2.45) is 5.92 Å². The summed E-state index contributed by atoms with van der Waals surface area (Å²) in [7, 11) is 1.54. The van der Waals surface area contributed by atoms with Gasteiger partial charge in [-0.15, -0.1) is 0 Å². The van der Waals surface area contributed by atoms with Crippen molar-refractivity contribution in [1.29, 1.82) is 0 Å². The second-order valence-corrected chi connectivity index (χ2v) is 11.4. The number of piperidine rings is 1. The number of alkyl carbamates (subject to hydrolysis) is 1. The third-order valence-electron chi connectivity index (χ3n) is 6.69. The molecule has 0 aliphatic carbocycles. The largest absolute Gasteiger partial charge is 0.444 e. The summed E-state index contributed by atoms with van der Waals surface area (Å²) in [4.78, 5) is 32.6. The number of rotatable bonds is 6. The molecule has 1 aromatic carbocycles. The predicted molar refractivity (Wildman–Crippen MR) is 146 cm³/mol. The first kappa shape index (κ1) is 30.5. The zero-order valence-corrected chi connectivity index (χ0v) is 23.9. The number of pyridine rings is 1. The standard InChI is InChI=1S/C28H36ClF3N4O3/c1-17-11-13-36(14-12-17)24-22(9-10-23(34-24)28(30,31)32)35(6)25(37)18(2)19-7-8-20(21(29)15-19)16-33-26(38)39-27(3,4)5/h7-10,15,17-18H,11-14,16H2,1-6H3,(H,33,38). The van der Waals surface area contributed by atoms with E-state index < -0.39 is 29.5 Å². The van der Waals surface area contributed by atoms with E-state index in [0.29, 0.717) is 40.8 Å². The van der Waals surface area contributed by atoms with Crippen LogP contribution in [0.5, 0.6) is 0 Å². The van der Waals surface area contributed by atoms with Crippen LogP contribution in [0.1, 0.15) is 70.2 Å². The monoisotopic (exact) mass is 568 g/mol. The van der Waals surface area contributed by atoms with Gasteiger partial charge in [0.25, 0.3) is 0 Å². The quantitative estimate of drug-likeness (QED) is 0.416. The lowest BCUT2D eigenvalue weighted by Gasteiger charge is -2.34. The van der Waals surface area contributed by atoms with E-state index in [1.165, 1.54) is 11.0 Å². The molecule has 11 heteroatoms. The number of nitrogens with zero attached hydrogens (tertiary/aromatic N) is 3. The van der Waals surface area contributed by atoms with Gasteiger partial charge in [0.1, 0.15) is 11.3 Å². The minimum atomic E-state index is -4.59. The number of hydrogen-bond donors (Lipinski definition) is 1. The van der Waals surface area contributed by atoms with Crippen LogP contribution >= 0.6 is 11.6 Å². The van der Waals surface area contributed by atoms with E-state index in [1.807, 2.05) is 4.90 Å². The maximum Gasteiger partial charge on any atom is 0.433 e. The number of likely N-dealkylation sites (N-methyl/N-ethyl adjacent to an activating group) is 1. The van der Waals surface area contributed by atoms with Gasteiger partial charge in [0.05, 0.1) is 11.6 Å². The van der Waals surface area contributed by atoms with Crippen molar-refractivity contribution in [2.75, 3.05) is 29.9 Å². The molecular formula is C28H36ClF3N4O3. The lowest BCUT2D eigenvalue weighted by Crippen LogP contribution is -2.37. The van der Waals surface area contributed by atoms with E-state index in [2.05, 4.69) is 17.2 Å². The van der Waals surface area contributed by atoms with Crippen molar-refractivity contribution in [3.63, 3.8) is 0 Å². The zero-order valence-electron chi connectivity index (χ0n) is 23.2. The molecule has 1 fully saturated rings. The Morgan fingerprint density at radius 1 is 1.18 bits per heavy atom. The first-order valence-corrected chi connectivity index (χ1v) is 13.3. The van der Waals surface area contributed by atoms with Gasteiger partial charge in [-0.2, -0.15) is 13.2 Å². The maximum absolute atomic E-state index is 13.5. The summed E-state index contributed by atoms with van der Waals surface area (Å²) < 4.78 is 45.7. The number of nitrogens with one attached hydrogen (secondary N) is 1. The summed E-state index contributed by atoms with van der Waals surface area (Å²) in [6.45, 7) is 10.4. The van der Waals surface area contributed by atoms with Crippen LogP contribution in [0, 0.1) is 5.92 Å². The molecule has 0 radical (unpaired) electrons. The van der Waals surface area contributed by atoms with Crippen molar-refractivity contribution in [3.05, 3.63) is 52.2 Å². The molecule has 2 aromatic rings. The van der Waals surface area contributed by atoms with Crippen LogP contribution in [-0.4, -0.2) is 42.7 Å². The fraction of sp³-hybridized carbons (Fsp3) is 0.536. The highest BCUT2D eigenvalue weighted by Crippen LogP contribution is 2.36. The highest BCUT2D eigenvalue weighted by Gasteiger charge is 2.35. The summed E-state index contributed by atoms with van der Waals surface area (Å²) in [5.74, 6) is -0.334. The Balaban J connectivity index is 1.80. The Hall–Kier alpha value is -3.01. The molecule has 214 valence electrons. The Kier molecular flexibility index (Phi) is 9.41. The summed E-state index contributed by atoms with van der Waals surface area (Å²) >= 11 is 6.45. The van der Waals surface area contributed by atoms with Crippen molar-refractivity contribution in [2.45, 2.75) is 71.7 Å². The second kappa shape index (κ2) is 12.0. The third-order valence-corrected chi connectivity index (χ3v) is 7.04. The lowest BCUT2D eigenvalue weighted by molar-refractivity contribution is -0.141. The van der Waals surface area contributed by atoms with Gasteiger partial charge < -0.3 is 19.9 Å². The molecule has 1 N–H and O–H groups in total. The molecule has 2 amide bonds. The molecule has 1 aliphatic rings. The van der Waals surface area contributed by atoms with Gasteiger partial charge in [0, 0.05) is 31.7 Å². The fourth-order valence-corrected chi connectivity index (χ4v) is 4.58. The lowest BCUT2D eigenvalue weighted by atomic mass is 9.97. The van der Waals surface area contributed by atoms with Gasteiger partial charge in [-0.25, -0.2) is 9.78 Å². The number of alkyl halides is 3. The second-order valence-electron chi connectivity index (χ2n) is 11.0. The fourth-order valence-electron chi connectivity index (χ4n) is 4.32. The van der Waals surface area contributed by atoms with Gasteiger partial charge in [0.15, 0.2) is 5.82 Å². The van der Waals surface area contributed by atoms with Gasteiger partial charge in [0.2, 0.25) is 5.91 Å². The number of amides is 2. The maximum atomic E-state index is 13.5. The van der Waals surface area contributed by atoms with Crippen LogP contribution in [0.4, 0.5) is 29.5 Å². The summed E-state index contributed by atoms with van der Waals surface area (Å²) in [6, 6.07) is 7.34. The number of anilines is 2. The van der Waals surface area contributed by atoms with E-state index in [9.17, 15) is 22.8 Å². The average molecular weight is 569 g/mol. The highest BCUT2D eigenvalue weighted by atomic mass is 35.5. The van der Waals surface area contributed by atoms with E-state index >= 15 is 0 Å². The molecule has 1 saturated heterocycles. The highest BCUT2D eigenvalue weighted by molar-refractivity contribution is 6.31. The van der Waals surface area contributed by atoms with E-state index in [-0.39, 0.29) is 18.3 Å². The van der Waals surface area contributed by atoms with E-state index in [1.54, 1.807) is 52.9 Å². The number of halogens is 4. The van der Waals surface area contributed by atoms with E-state index in [4.69, 9.17) is 16.3 Å². The number of benzene rings is 1. The number of aromatic nitrogens is 1. The Labute approximate surface area is 232 Å². The predicted octanol–water partition coefficient (Wildman–Crippen LogP) is 6.78. The molecule has 0 bridgehead atoms. The van der Waals surface area contributed by atoms with Crippen LogP contribution < -0.4 is 15.1 Å². The number of carbonyl (C=O) groups excluding carboxylic acids is 2. The van der Waals surface area contributed by atoms with Crippen LogP contribution in [0.25, 0.3) is 0 Å².